The fraction of sp³-hybridized carbons (Fsp3) is 0.240. The number of benzene rings is 2. The van der Waals surface area contributed by atoms with Crippen LogP contribution < -0.4 is 25.6 Å². The van der Waals surface area contributed by atoms with Crippen LogP contribution in [-0.4, -0.2) is 91.7 Å². The van der Waals surface area contributed by atoms with E-state index in [0.717, 1.165) is 39.8 Å². The molecule has 4 bridgehead atoms. The van der Waals surface area contributed by atoms with Crippen molar-refractivity contribution in [1.82, 2.24) is 49.5 Å². The van der Waals surface area contributed by atoms with Gasteiger partial charge in [-0.3, -0.25) is 19.6 Å². The molecule has 4 aliphatic rings. The number of carbonyl (C=O) groups is 2. The standard InChI is InChI=1S/C25H22N6O2.C17H14BrN5O2.C8H10BNO2/c32-25-19-13-17(18-7-9-20(26-14-18)16-5-6-16)8-10-22(19)33-12-2-11-31-15-27-30-24(31)21-3-1-4-23(28-21)29-25;18-11-5-6-14-12(9-11)17(24)21-15-4-1-3-13(20-15)16-22-19-10-23(16)7-2-8-25-14;11-9(12)7-3-4-8(10-5-7)6-1-2-6/h1,3-4,7-10,13-16H,2,5-6,11-12H2,(H,28,29,32);1,3-6,9-10H,2,7-8H2,(H,20,21,24);3-6,11-12H,1-2H2. The monoisotopic (exact) mass is 1000 g/mol. The Balaban J connectivity index is 0.000000135. The normalized spacial score (nSPS) is 15.2. The third-order valence-electron chi connectivity index (χ3n) is 11.9. The van der Waals surface area contributed by atoms with Crippen molar-refractivity contribution >= 4 is 52.0 Å². The molecule has 0 spiro atoms. The van der Waals surface area contributed by atoms with Gasteiger partial charge in [0.25, 0.3) is 11.8 Å². The van der Waals surface area contributed by atoms with Crippen molar-refractivity contribution in [3.8, 4) is 45.7 Å². The molecule has 12 rings (SSSR count). The SMILES string of the molecule is O=C1Nc2cccc(n2)-c2nncn2CCCOc2ccc(-c3ccc(C4CC4)nc3)cc21.O=C1Nc2cccc(n2)-c2nncn2CCCOc2ccc(Br)cc21.OB(O)c1ccc(C2CC2)nc1. The Morgan fingerprint density at radius 1 is 0.614 bits per heavy atom. The van der Waals surface area contributed by atoms with E-state index < -0.39 is 7.12 Å². The molecule has 0 radical (unpaired) electrons. The van der Waals surface area contributed by atoms with Crippen LogP contribution in [0.1, 0.15) is 82.5 Å². The summed E-state index contributed by atoms with van der Waals surface area (Å²) in [7, 11) is -1.40. The number of aromatic nitrogens is 10. The number of pyridine rings is 4. The molecule has 8 heterocycles. The molecule has 2 aliphatic carbocycles. The average molecular weight is 1000 g/mol. The number of hydrogen-bond acceptors (Lipinski definition) is 14. The fourth-order valence-electron chi connectivity index (χ4n) is 7.90. The highest BCUT2D eigenvalue weighted by molar-refractivity contribution is 9.10. The molecule has 2 aliphatic heterocycles. The molecular formula is C50H46BBrN12O6. The molecule has 70 heavy (non-hydrogen) atoms. The second-order valence-electron chi connectivity index (χ2n) is 17.1. The lowest BCUT2D eigenvalue weighted by Gasteiger charge is -2.13. The number of carbonyl (C=O) groups excluding carboxylic acids is 2. The summed E-state index contributed by atoms with van der Waals surface area (Å²) in [6, 6.07) is 29.7. The number of ether oxygens (including phenoxy) is 2. The smallest absolute Gasteiger partial charge is 0.490 e. The average Bonchev–Trinajstić information content (AvgIpc) is 4.32. The molecule has 6 aromatic heterocycles. The van der Waals surface area contributed by atoms with Gasteiger partial charge in [0.05, 0.1) is 24.3 Å². The number of amides is 2. The summed E-state index contributed by atoms with van der Waals surface area (Å²) >= 11 is 3.40. The van der Waals surface area contributed by atoms with Crippen molar-refractivity contribution < 1.29 is 29.1 Å². The van der Waals surface area contributed by atoms with Crippen LogP contribution >= 0.6 is 15.9 Å². The maximum Gasteiger partial charge on any atom is 0.490 e. The summed E-state index contributed by atoms with van der Waals surface area (Å²) in [5.74, 6) is 3.97. The Bertz CT molecular complexity index is 3120. The van der Waals surface area contributed by atoms with Gasteiger partial charge in [0.15, 0.2) is 11.6 Å². The second kappa shape index (κ2) is 20.9. The third kappa shape index (κ3) is 11.1. The summed E-state index contributed by atoms with van der Waals surface area (Å²) in [5.41, 5.74) is 6.79. The maximum absolute atomic E-state index is 13.3. The van der Waals surface area contributed by atoms with Gasteiger partial charge in [0.1, 0.15) is 47.2 Å². The molecule has 352 valence electrons. The lowest BCUT2D eigenvalue weighted by molar-refractivity contribution is 0.101. The van der Waals surface area contributed by atoms with Gasteiger partial charge in [0, 0.05) is 64.2 Å². The minimum Gasteiger partial charge on any atom is -0.493 e. The van der Waals surface area contributed by atoms with Gasteiger partial charge < -0.3 is 39.3 Å². The Kier molecular flexibility index (Phi) is 13.8. The van der Waals surface area contributed by atoms with Crippen LogP contribution in [0.15, 0.2) is 127 Å². The Labute approximate surface area is 410 Å². The molecule has 2 amide bonds. The number of rotatable bonds is 4. The summed E-state index contributed by atoms with van der Waals surface area (Å²) in [6.45, 7) is 2.31. The van der Waals surface area contributed by atoms with Gasteiger partial charge in [-0.05, 0) is 111 Å². The van der Waals surface area contributed by atoms with E-state index >= 15 is 0 Å². The fourth-order valence-corrected chi connectivity index (χ4v) is 8.26. The summed E-state index contributed by atoms with van der Waals surface area (Å²) in [6.07, 6.45) is 13.1. The van der Waals surface area contributed by atoms with Crippen LogP contribution in [0.4, 0.5) is 11.6 Å². The van der Waals surface area contributed by atoms with Crippen LogP contribution in [0.5, 0.6) is 11.5 Å². The third-order valence-corrected chi connectivity index (χ3v) is 12.4. The molecule has 0 atom stereocenters. The van der Waals surface area contributed by atoms with Gasteiger partial charge in [-0.15, -0.1) is 20.4 Å². The largest absolute Gasteiger partial charge is 0.493 e. The zero-order valence-electron chi connectivity index (χ0n) is 37.7. The van der Waals surface area contributed by atoms with E-state index in [1.807, 2.05) is 69.9 Å². The molecule has 2 fully saturated rings. The highest BCUT2D eigenvalue weighted by atomic mass is 79.9. The number of aryl methyl sites for hydroxylation is 2. The van der Waals surface area contributed by atoms with Crippen LogP contribution in [0.25, 0.3) is 34.2 Å². The van der Waals surface area contributed by atoms with Gasteiger partial charge >= 0.3 is 7.12 Å². The first-order valence-electron chi connectivity index (χ1n) is 23.0. The Morgan fingerprint density at radius 3 is 1.66 bits per heavy atom. The van der Waals surface area contributed by atoms with Gasteiger partial charge in [-0.1, -0.05) is 46.3 Å². The van der Waals surface area contributed by atoms with Crippen molar-refractivity contribution in [3.05, 3.63) is 149 Å². The molecule has 4 N–H and O–H groups in total. The van der Waals surface area contributed by atoms with Crippen molar-refractivity contribution in [2.45, 2.75) is 63.5 Å². The topological polar surface area (TPSA) is 230 Å². The lowest BCUT2D eigenvalue weighted by atomic mass is 9.81. The van der Waals surface area contributed by atoms with E-state index in [2.05, 4.69) is 79.0 Å². The van der Waals surface area contributed by atoms with Gasteiger partial charge in [0.2, 0.25) is 0 Å². The van der Waals surface area contributed by atoms with Gasteiger partial charge in [-0.2, -0.15) is 0 Å². The molecule has 20 heteroatoms. The molecular weight excluding hydrogens is 955 g/mol. The number of halogens is 1. The van der Waals surface area contributed by atoms with Crippen molar-refractivity contribution in [3.63, 3.8) is 0 Å². The van der Waals surface area contributed by atoms with E-state index in [4.69, 9.17) is 19.5 Å². The minimum atomic E-state index is -1.40. The van der Waals surface area contributed by atoms with Crippen LogP contribution in [0.2, 0.25) is 0 Å². The van der Waals surface area contributed by atoms with Crippen molar-refractivity contribution in [2.75, 3.05) is 23.8 Å². The van der Waals surface area contributed by atoms with E-state index in [9.17, 15) is 9.59 Å². The zero-order chi connectivity index (χ0) is 48.0. The van der Waals surface area contributed by atoms with E-state index in [1.54, 1.807) is 43.0 Å². The van der Waals surface area contributed by atoms with E-state index in [-0.39, 0.29) is 11.8 Å². The van der Waals surface area contributed by atoms with Crippen molar-refractivity contribution in [1.29, 1.82) is 0 Å². The first kappa shape index (κ1) is 46.1. The van der Waals surface area contributed by atoms with E-state index in [0.29, 0.717) is 101 Å². The van der Waals surface area contributed by atoms with Crippen molar-refractivity contribution in [2.24, 2.45) is 0 Å². The lowest BCUT2D eigenvalue weighted by Crippen LogP contribution is -2.30. The maximum atomic E-state index is 13.3. The highest BCUT2D eigenvalue weighted by Crippen LogP contribution is 2.40. The van der Waals surface area contributed by atoms with Crippen LogP contribution in [-0.2, 0) is 13.1 Å². The quantitative estimate of drug-likeness (QED) is 0.129. The first-order chi connectivity index (χ1) is 34.2. The Hall–Kier alpha value is -7.68. The predicted octanol–water partition coefficient (Wildman–Crippen LogP) is 7.09. The highest BCUT2D eigenvalue weighted by Gasteiger charge is 2.26. The first-order valence-corrected chi connectivity index (χ1v) is 23.8. The summed E-state index contributed by atoms with van der Waals surface area (Å²) in [4.78, 5) is 43.8. The number of anilines is 2. The van der Waals surface area contributed by atoms with E-state index in [1.165, 1.54) is 31.9 Å². The number of nitrogens with one attached hydrogen (secondary N) is 2. The molecule has 2 aromatic carbocycles. The molecule has 0 unspecified atom stereocenters. The van der Waals surface area contributed by atoms with Crippen LogP contribution in [0, 0.1) is 0 Å². The second-order valence-corrected chi connectivity index (χ2v) is 18.0. The van der Waals surface area contributed by atoms with Crippen LogP contribution in [0.3, 0.4) is 0 Å². The molecule has 2 saturated carbocycles. The molecule has 0 saturated heterocycles. The number of hydrogen-bond donors (Lipinski definition) is 4. The summed E-state index contributed by atoms with van der Waals surface area (Å²) < 4.78 is 16.5. The zero-order valence-corrected chi connectivity index (χ0v) is 39.3. The molecule has 18 nitrogen and oxygen atoms in total. The Morgan fingerprint density at radius 2 is 1.14 bits per heavy atom. The number of fused-ring (bicyclic) bond motifs is 10. The number of nitrogens with zero attached hydrogens (tertiary/aromatic N) is 10. The minimum absolute atomic E-state index is 0.276. The predicted molar refractivity (Wildman–Crippen MR) is 264 cm³/mol. The molecule has 8 aromatic rings. The van der Waals surface area contributed by atoms with Gasteiger partial charge in [-0.25, -0.2) is 9.97 Å². The summed E-state index contributed by atoms with van der Waals surface area (Å²) in [5, 5.41) is 39.6.